The number of hydrogen-bond donors (Lipinski definition) is 2. The molecule has 2 aromatic carbocycles. The van der Waals surface area contributed by atoms with Crippen molar-refractivity contribution in [1.29, 1.82) is 5.26 Å². The van der Waals surface area contributed by atoms with Crippen molar-refractivity contribution >= 4 is 11.6 Å². The van der Waals surface area contributed by atoms with E-state index in [0.29, 0.717) is 12.2 Å². The Hall–Kier alpha value is -3.26. The minimum absolute atomic E-state index is 0.0335. The molecule has 0 aromatic heterocycles. The van der Waals surface area contributed by atoms with Crippen LogP contribution in [0.15, 0.2) is 60.3 Å². The van der Waals surface area contributed by atoms with Crippen molar-refractivity contribution in [1.82, 2.24) is 5.32 Å². The minimum atomic E-state index is -0.430. The predicted molar refractivity (Wildman–Crippen MR) is 98.2 cm³/mol. The van der Waals surface area contributed by atoms with E-state index in [2.05, 4.69) is 10.6 Å². The van der Waals surface area contributed by atoms with Crippen LogP contribution in [-0.2, 0) is 11.2 Å². The summed E-state index contributed by atoms with van der Waals surface area (Å²) in [6.45, 7) is 2.58. The van der Waals surface area contributed by atoms with Crippen LogP contribution in [0.3, 0.4) is 0 Å². The zero-order valence-corrected chi connectivity index (χ0v) is 14.4. The number of carbonyl (C=O) groups excluding carboxylic acids is 1. The molecule has 0 unspecified atom stereocenters. The Balaban J connectivity index is 1.87. The van der Waals surface area contributed by atoms with Gasteiger partial charge in [-0.25, -0.2) is 0 Å². The Bertz CT molecular complexity index is 789. The molecule has 1 amide bonds. The van der Waals surface area contributed by atoms with Crippen molar-refractivity contribution in [2.24, 2.45) is 0 Å². The van der Waals surface area contributed by atoms with E-state index in [1.807, 2.05) is 49.4 Å². The molecule has 5 nitrogen and oxygen atoms in total. The van der Waals surface area contributed by atoms with Gasteiger partial charge in [0.15, 0.2) is 0 Å². The molecule has 0 aliphatic rings. The number of methoxy groups -OCH3 is 1. The van der Waals surface area contributed by atoms with Crippen LogP contribution in [0.4, 0.5) is 5.69 Å². The van der Waals surface area contributed by atoms with E-state index in [9.17, 15) is 4.79 Å². The molecule has 0 saturated carbocycles. The molecule has 0 heterocycles. The molecule has 2 aromatic rings. The van der Waals surface area contributed by atoms with Crippen molar-refractivity contribution < 1.29 is 9.53 Å². The van der Waals surface area contributed by atoms with Gasteiger partial charge >= 0.3 is 0 Å². The molecule has 0 fully saturated rings. The summed E-state index contributed by atoms with van der Waals surface area (Å²) in [4.78, 5) is 12.1. The van der Waals surface area contributed by atoms with Gasteiger partial charge in [-0.05, 0) is 43.2 Å². The molecule has 2 N–H and O–H groups in total. The lowest BCUT2D eigenvalue weighted by molar-refractivity contribution is -0.112. The van der Waals surface area contributed by atoms with Gasteiger partial charge in [0, 0.05) is 18.4 Å². The molecule has 0 spiro atoms. The molecule has 0 aliphatic heterocycles. The molecule has 128 valence electrons. The zero-order chi connectivity index (χ0) is 18.1. The summed E-state index contributed by atoms with van der Waals surface area (Å²) < 4.78 is 5.18. The van der Waals surface area contributed by atoms with Gasteiger partial charge in [0.25, 0.3) is 5.91 Å². The van der Waals surface area contributed by atoms with Crippen molar-refractivity contribution in [3.05, 3.63) is 71.4 Å². The van der Waals surface area contributed by atoms with Gasteiger partial charge in [-0.2, -0.15) is 5.26 Å². The Morgan fingerprint density at radius 2 is 2.00 bits per heavy atom. The lowest BCUT2D eigenvalue weighted by Crippen LogP contribution is -2.18. The van der Waals surface area contributed by atoms with Gasteiger partial charge in [0.1, 0.15) is 17.4 Å². The number of hydrogen-bond acceptors (Lipinski definition) is 4. The quantitative estimate of drug-likeness (QED) is 0.463. The van der Waals surface area contributed by atoms with Crippen LogP contribution in [-0.4, -0.2) is 19.6 Å². The van der Waals surface area contributed by atoms with E-state index in [1.54, 1.807) is 19.2 Å². The molecule has 0 bridgehead atoms. The normalized spacial score (nSPS) is 10.7. The summed E-state index contributed by atoms with van der Waals surface area (Å²) >= 11 is 0. The Labute approximate surface area is 147 Å². The van der Waals surface area contributed by atoms with Gasteiger partial charge < -0.3 is 15.4 Å². The highest BCUT2D eigenvalue weighted by molar-refractivity contribution is 6.06. The highest BCUT2D eigenvalue weighted by atomic mass is 16.5. The molecule has 0 radical (unpaired) electrons. The van der Waals surface area contributed by atoms with Gasteiger partial charge in [0.2, 0.25) is 0 Å². The Morgan fingerprint density at radius 1 is 1.24 bits per heavy atom. The molecule has 2 rings (SSSR count). The average molecular weight is 335 g/mol. The fraction of sp³-hybridized carbons (Fsp3) is 0.200. The van der Waals surface area contributed by atoms with Crippen LogP contribution in [0.1, 0.15) is 11.1 Å². The summed E-state index contributed by atoms with van der Waals surface area (Å²) in [5.74, 6) is 0.378. The van der Waals surface area contributed by atoms with Crippen LogP contribution >= 0.6 is 0 Å². The molecule has 5 heteroatoms. The van der Waals surface area contributed by atoms with E-state index in [4.69, 9.17) is 10.00 Å². The fourth-order valence-electron chi connectivity index (χ4n) is 2.20. The third-order valence-corrected chi connectivity index (χ3v) is 3.61. The number of nitriles is 1. The van der Waals surface area contributed by atoms with Gasteiger partial charge in [0.05, 0.1) is 7.11 Å². The van der Waals surface area contributed by atoms with E-state index < -0.39 is 5.91 Å². The van der Waals surface area contributed by atoms with Crippen LogP contribution in [0.25, 0.3) is 0 Å². The maximum atomic E-state index is 12.1. The number of amides is 1. The van der Waals surface area contributed by atoms with Gasteiger partial charge in [-0.1, -0.05) is 29.8 Å². The number of anilines is 1. The first-order valence-corrected chi connectivity index (χ1v) is 7.97. The van der Waals surface area contributed by atoms with Crippen molar-refractivity contribution in [3.8, 4) is 11.8 Å². The summed E-state index contributed by atoms with van der Waals surface area (Å²) in [7, 11) is 1.63. The summed E-state index contributed by atoms with van der Waals surface area (Å²) in [6.07, 6.45) is 2.20. The first-order chi connectivity index (χ1) is 12.1. The largest absolute Gasteiger partial charge is 0.497 e. The van der Waals surface area contributed by atoms with Gasteiger partial charge in [-0.3, -0.25) is 4.79 Å². The van der Waals surface area contributed by atoms with Crippen molar-refractivity contribution in [2.45, 2.75) is 13.3 Å². The summed E-state index contributed by atoms with van der Waals surface area (Å²) in [5, 5.41) is 14.9. The topological polar surface area (TPSA) is 74.1 Å². The van der Waals surface area contributed by atoms with Crippen molar-refractivity contribution in [3.63, 3.8) is 0 Å². The van der Waals surface area contributed by atoms with E-state index in [0.717, 1.165) is 23.3 Å². The number of rotatable bonds is 7. The number of ether oxygens (including phenoxy) is 1. The van der Waals surface area contributed by atoms with Crippen LogP contribution in [0.2, 0.25) is 0 Å². The molecule has 25 heavy (non-hydrogen) atoms. The van der Waals surface area contributed by atoms with E-state index in [1.165, 1.54) is 6.20 Å². The number of nitrogens with zero attached hydrogens (tertiary/aromatic N) is 1. The fourth-order valence-corrected chi connectivity index (χ4v) is 2.20. The first kappa shape index (κ1) is 18.1. The highest BCUT2D eigenvalue weighted by Gasteiger charge is 2.08. The average Bonchev–Trinajstić information content (AvgIpc) is 2.63. The second kappa shape index (κ2) is 9.14. The van der Waals surface area contributed by atoms with Crippen LogP contribution in [0.5, 0.6) is 5.75 Å². The Morgan fingerprint density at radius 3 is 2.68 bits per heavy atom. The third kappa shape index (κ3) is 5.70. The number of benzene rings is 2. The van der Waals surface area contributed by atoms with Crippen LogP contribution in [0, 0.1) is 18.3 Å². The smallest absolute Gasteiger partial charge is 0.267 e. The second-order valence-electron chi connectivity index (χ2n) is 5.55. The lowest BCUT2D eigenvalue weighted by Gasteiger charge is -2.06. The molecule has 0 atom stereocenters. The maximum Gasteiger partial charge on any atom is 0.267 e. The molecule has 0 aliphatic carbocycles. The number of aryl methyl sites for hydroxylation is 1. The zero-order valence-electron chi connectivity index (χ0n) is 14.4. The maximum absolute atomic E-state index is 12.1. The Kier molecular flexibility index (Phi) is 6.61. The summed E-state index contributed by atoms with van der Waals surface area (Å²) in [6, 6.07) is 17.1. The predicted octanol–water partition coefficient (Wildman–Crippen LogP) is 3.18. The van der Waals surface area contributed by atoms with E-state index >= 15 is 0 Å². The monoisotopic (exact) mass is 335 g/mol. The van der Waals surface area contributed by atoms with Crippen molar-refractivity contribution in [2.75, 3.05) is 19.0 Å². The molecular formula is C20H21N3O2. The molecule has 0 saturated heterocycles. The van der Waals surface area contributed by atoms with E-state index in [-0.39, 0.29) is 5.57 Å². The minimum Gasteiger partial charge on any atom is -0.497 e. The second-order valence-corrected chi connectivity index (χ2v) is 5.55. The number of nitrogens with one attached hydrogen (secondary N) is 2. The third-order valence-electron chi connectivity index (χ3n) is 3.61. The SMILES string of the molecule is COc1cccc(CCN/C=C(/C#N)C(=O)Nc2ccc(C)cc2)c1. The molecular weight excluding hydrogens is 314 g/mol. The van der Waals surface area contributed by atoms with Crippen LogP contribution < -0.4 is 15.4 Å². The number of carbonyl (C=O) groups is 1. The van der Waals surface area contributed by atoms with Gasteiger partial charge in [-0.15, -0.1) is 0 Å². The first-order valence-electron chi connectivity index (χ1n) is 7.97. The standard InChI is InChI=1S/C20H21N3O2/c1-15-6-8-18(9-7-15)23-20(24)17(13-21)14-22-11-10-16-4-3-5-19(12-16)25-2/h3-9,12,14,22H,10-11H2,1-2H3,(H,23,24)/b17-14-. The lowest BCUT2D eigenvalue weighted by atomic mass is 10.1. The highest BCUT2D eigenvalue weighted by Crippen LogP contribution is 2.13. The summed E-state index contributed by atoms with van der Waals surface area (Å²) in [5.41, 5.74) is 2.91.